The third-order valence-electron chi connectivity index (χ3n) is 2.53. The number of pyridine rings is 1. The van der Waals surface area contributed by atoms with Crippen molar-refractivity contribution in [2.24, 2.45) is 0 Å². The molecule has 2 aromatic rings. The first-order valence-corrected chi connectivity index (χ1v) is 6.38. The van der Waals surface area contributed by atoms with Crippen molar-refractivity contribution in [1.82, 2.24) is 10.1 Å². The van der Waals surface area contributed by atoms with Crippen molar-refractivity contribution in [3.8, 4) is 11.5 Å². The van der Waals surface area contributed by atoms with E-state index in [1.165, 1.54) is 0 Å². The number of amides is 1. The van der Waals surface area contributed by atoms with Gasteiger partial charge in [-0.2, -0.15) is 5.12 Å². The molecule has 0 unspecified atom stereocenters. The fourth-order valence-electron chi connectivity index (χ4n) is 1.57. The molecule has 1 amide bonds. The van der Waals surface area contributed by atoms with Crippen LogP contribution in [0.2, 0.25) is 0 Å². The van der Waals surface area contributed by atoms with Gasteiger partial charge in [0.05, 0.1) is 6.54 Å². The lowest BCUT2D eigenvalue weighted by molar-refractivity contribution is 0.0138. The second kappa shape index (κ2) is 5.87. The summed E-state index contributed by atoms with van der Waals surface area (Å²) in [5.74, 6) is -2.44. The number of aromatic hydroxyl groups is 2. The van der Waals surface area contributed by atoms with E-state index in [1.54, 1.807) is 30.3 Å². The van der Waals surface area contributed by atoms with Crippen molar-refractivity contribution in [2.45, 2.75) is 6.54 Å². The Morgan fingerprint density at radius 2 is 1.95 bits per heavy atom. The van der Waals surface area contributed by atoms with Gasteiger partial charge in [-0.1, -0.05) is 34.8 Å². The summed E-state index contributed by atoms with van der Waals surface area (Å²) < 4.78 is 14.0. The number of rotatable bonds is 3. The maximum absolute atomic E-state index is 13.8. The molecular formula is C13H10BrFN2O3. The molecule has 0 aliphatic carbocycles. The molecule has 0 spiro atoms. The van der Waals surface area contributed by atoms with Gasteiger partial charge < -0.3 is 10.2 Å². The Kier molecular flexibility index (Phi) is 4.19. The molecule has 104 valence electrons. The summed E-state index contributed by atoms with van der Waals surface area (Å²) in [4.78, 5) is 15.5. The van der Waals surface area contributed by atoms with Gasteiger partial charge in [-0.25, -0.2) is 4.98 Å². The number of carbonyl (C=O) groups excluding carboxylic acids is 1. The first-order chi connectivity index (χ1) is 9.49. The highest BCUT2D eigenvalue weighted by Gasteiger charge is 2.23. The van der Waals surface area contributed by atoms with Gasteiger partial charge in [0.1, 0.15) is 4.60 Å². The summed E-state index contributed by atoms with van der Waals surface area (Å²) in [7, 11) is 0. The van der Waals surface area contributed by atoms with E-state index >= 15 is 0 Å². The molecule has 20 heavy (non-hydrogen) atoms. The van der Waals surface area contributed by atoms with Crippen molar-refractivity contribution in [1.29, 1.82) is 0 Å². The Labute approximate surface area is 122 Å². The molecular weight excluding hydrogens is 331 g/mol. The predicted molar refractivity (Wildman–Crippen MR) is 72.7 cm³/mol. The van der Waals surface area contributed by atoms with Crippen LogP contribution in [0.4, 0.5) is 4.48 Å². The molecule has 0 bridgehead atoms. The van der Waals surface area contributed by atoms with Crippen LogP contribution in [0.3, 0.4) is 0 Å². The van der Waals surface area contributed by atoms with Gasteiger partial charge in [0, 0.05) is 6.07 Å². The summed E-state index contributed by atoms with van der Waals surface area (Å²) in [6.07, 6.45) is 0. The number of nitrogens with zero attached hydrogens (tertiary/aromatic N) is 2. The van der Waals surface area contributed by atoms with Crippen molar-refractivity contribution in [2.75, 3.05) is 0 Å². The number of benzene rings is 1. The smallest absolute Gasteiger partial charge is 0.304 e. The van der Waals surface area contributed by atoms with Crippen LogP contribution in [0.5, 0.6) is 11.5 Å². The van der Waals surface area contributed by atoms with Crippen molar-refractivity contribution in [3.05, 3.63) is 52.3 Å². The quantitative estimate of drug-likeness (QED) is 0.665. The predicted octanol–water partition coefficient (Wildman–Crippen LogP) is 2.78. The van der Waals surface area contributed by atoms with E-state index in [2.05, 4.69) is 20.9 Å². The summed E-state index contributed by atoms with van der Waals surface area (Å²) in [6, 6.07) is 9.62. The van der Waals surface area contributed by atoms with E-state index in [9.17, 15) is 19.5 Å². The Balaban J connectivity index is 2.23. The maximum atomic E-state index is 13.8. The van der Waals surface area contributed by atoms with Gasteiger partial charge in [-0.3, -0.25) is 4.79 Å². The lowest BCUT2D eigenvalue weighted by Crippen LogP contribution is -2.23. The van der Waals surface area contributed by atoms with Gasteiger partial charge in [0.2, 0.25) is 0 Å². The molecule has 1 aromatic carbocycles. The van der Waals surface area contributed by atoms with E-state index < -0.39 is 23.1 Å². The van der Waals surface area contributed by atoms with Gasteiger partial charge in [0.15, 0.2) is 17.2 Å². The highest BCUT2D eigenvalue weighted by molar-refractivity contribution is 9.10. The molecule has 7 heteroatoms. The fourth-order valence-corrected chi connectivity index (χ4v) is 1.97. The van der Waals surface area contributed by atoms with Crippen LogP contribution in [-0.4, -0.2) is 26.2 Å². The van der Waals surface area contributed by atoms with Crippen LogP contribution in [0, 0.1) is 0 Å². The zero-order valence-corrected chi connectivity index (χ0v) is 11.7. The van der Waals surface area contributed by atoms with Crippen molar-refractivity contribution < 1.29 is 19.5 Å². The lowest BCUT2D eigenvalue weighted by atomic mass is 10.2. The van der Waals surface area contributed by atoms with E-state index in [4.69, 9.17) is 0 Å². The van der Waals surface area contributed by atoms with Crippen LogP contribution in [0.1, 0.15) is 16.1 Å². The molecule has 0 saturated carbocycles. The molecule has 1 heterocycles. The topological polar surface area (TPSA) is 73.7 Å². The second-order valence-electron chi connectivity index (χ2n) is 3.97. The number of hydrogen-bond acceptors (Lipinski definition) is 4. The molecule has 0 aliphatic rings. The van der Waals surface area contributed by atoms with Crippen LogP contribution in [-0.2, 0) is 6.54 Å². The third-order valence-corrected chi connectivity index (χ3v) is 2.93. The van der Waals surface area contributed by atoms with Crippen LogP contribution in [0.15, 0.2) is 41.0 Å². The van der Waals surface area contributed by atoms with Crippen LogP contribution < -0.4 is 0 Å². The zero-order valence-electron chi connectivity index (χ0n) is 10.1. The minimum absolute atomic E-state index is 0.0801. The third kappa shape index (κ3) is 3.05. The van der Waals surface area contributed by atoms with Crippen LogP contribution >= 0.6 is 15.9 Å². The highest BCUT2D eigenvalue weighted by Crippen LogP contribution is 2.31. The molecule has 0 saturated heterocycles. The molecule has 1 aromatic heterocycles. The number of carbonyl (C=O) groups is 1. The summed E-state index contributed by atoms with van der Waals surface area (Å²) in [5, 5.41) is 18.9. The minimum Gasteiger partial charge on any atom is -0.504 e. The SMILES string of the molecule is O=C(c1nc(Br)cc(O)c1O)N(F)Cc1ccccc1. The standard InChI is InChI=1S/C13H10BrFN2O3/c14-10-6-9(18)12(19)11(16-10)13(20)17(15)7-8-4-2-1-3-5-8/h1-6,19H,7H2,(H,16,18). The average molecular weight is 341 g/mol. The molecule has 2 rings (SSSR count). The Morgan fingerprint density at radius 1 is 1.30 bits per heavy atom. The Bertz CT molecular complexity index is 637. The largest absolute Gasteiger partial charge is 0.504 e. The van der Waals surface area contributed by atoms with Crippen LogP contribution in [0.25, 0.3) is 0 Å². The number of halogens is 2. The molecule has 0 radical (unpaired) electrons. The van der Waals surface area contributed by atoms with E-state index in [0.29, 0.717) is 5.56 Å². The Hall–Kier alpha value is -2.15. The van der Waals surface area contributed by atoms with Gasteiger partial charge in [0.25, 0.3) is 0 Å². The first kappa shape index (κ1) is 14.3. The number of hydrogen-bond donors (Lipinski definition) is 2. The number of aromatic nitrogens is 1. The fraction of sp³-hybridized carbons (Fsp3) is 0.0769. The Morgan fingerprint density at radius 3 is 2.60 bits per heavy atom. The summed E-state index contributed by atoms with van der Waals surface area (Å²) in [5.41, 5.74) is 0.0253. The zero-order chi connectivity index (χ0) is 14.7. The van der Waals surface area contributed by atoms with Gasteiger partial charge in [-0.15, -0.1) is 0 Å². The first-order valence-electron chi connectivity index (χ1n) is 5.59. The van der Waals surface area contributed by atoms with E-state index in [-0.39, 0.29) is 16.3 Å². The van der Waals surface area contributed by atoms with E-state index in [0.717, 1.165) is 6.07 Å². The van der Waals surface area contributed by atoms with E-state index in [1.807, 2.05) is 0 Å². The second-order valence-corrected chi connectivity index (χ2v) is 4.78. The summed E-state index contributed by atoms with van der Waals surface area (Å²) >= 11 is 2.96. The molecule has 0 fully saturated rings. The normalized spacial score (nSPS) is 10.3. The molecule has 2 N–H and O–H groups in total. The highest BCUT2D eigenvalue weighted by atomic mass is 79.9. The van der Waals surface area contributed by atoms with Gasteiger partial charge >= 0.3 is 5.91 Å². The van der Waals surface area contributed by atoms with Gasteiger partial charge in [-0.05, 0) is 21.5 Å². The minimum atomic E-state index is -1.14. The lowest BCUT2D eigenvalue weighted by Gasteiger charge is -2.13. The molecule has 0 atom stereocenters. The molecule has 0 aliphatic heterocycles. The molecule has 5 nitrogen and oxygen atoms in total. The monoisotopic (exact) mass is 340 g/mol. The van der Waals surface area contributed by atoms with Crippen molar-refractivity contribution >= 4 is 21.8 Å². The maximum Gasteiger partial charge on any atom is 0.304 e. The van der Waals surface area contributed by atoms with Crippen molar-refractivity contribution in [3.63, 3.8) is 0 Å². The summed E-state index contributed by atoms with van der Waals surface area (Å²) in [6.45, 7) is -0.284. The average Bonchev–Trinajstić information content (AvgIpc) is 2.43.